The molecule has 8 nitrogen and oxygen atoms in total. The van der Waals surface area contributed by atoms with Crippen LogP contribution in [0.25, 0.3) is 0 Å². The number of hydrogen-bond donors (Lipinski definition) is 3. The van der Waals surface area contributed by atoms with Crippen LogP contribution in [0.3, 0.4) is 0 Å². The summed E-state index contributed by atoms with van der Waals surface area (Å²) in [5.74, 6) is 1.76. The van der Waals surface area contributed by atoms with Crippen molar-refractivity contribution in [3.05, 3.63) is 54.0 Å². The van der Waals surface area contributed by atoms with E-state index in [4.69, 9.17) is 9.41 Å². The molecular formula is C23H33N5O3. The number of likely N-dealkylation sites (tertiary alicyclic amines) is 1. The van der Waals surface area contributed by atoms with E-state index in [1.807, 2.05) is 30.3 Å². The number of hydrogen-bond acceptors (Lipinski definition) is 5. The lowest BCUT2D eigenvalue weighted by atomic mass is 10.1. The summed E-state index contributed by atoms with van der Waals surface area (Å²) in [6.07, 6.45) is 5.01. The third-order valence-electron chi connectivity index (χ3n) is 5.32. The Balaban J connectivity index is 1.61. The highest BCUT2D eigenvalue weighted by Crippen LogP contribution is 2.24. The molecule has 0 radical (unpaired) electrons. The predicted octanol–water partition coefficient (Wildman–Crippen LogP) is 3.74. The van der Waals surface area contributed by atoms with Crippen LogP contribution >= 0.6 is 0 Å². The molecule has 0 bridgehead atoms. The Morgan fingerprint density at radius 1 is 1.16 bits per heavy atom. The summed E-state index contributed by atoms with van der Waals surface area (Å²) in [4.78, 5) is 18.5. The van der Waals surface area contributed by atoms with E-state index in [-0.39, 0.29) is 6.04 Å². The number of ether oxygens (including phenoxy) is 1. The van der Waals surface area contributed by atoms with Crippen LogP contribution in [0.4, 0.5) is 10.5 Å². The maximum Gasteiger partial charge on any atom is 0.411 e. The van der Waals surface area contributed by atoms with Crippen molar-refractivity contribution in [1.82, 2.24) is 15.5 Å². The van der Waals surface area contributed by atoms with E-state index < -0.39 is 6.09 Å². The fourth-order valence-electron chi connectivity index (χ4n) is 3.69. The van der Waals surface area contributed by atoms with Gasteiger partial charge in [0, 0.05) is 18.8 Å². The Bertz CT molecular complexity index is 814. The third-order valence-corrected chi connectivity index (χ3v) is 5.32. The summed E-state index contributed by atoms with van der Waals surface area (Å²) < 4.78 is 10.3. The average molecular weight is 428 g/mol. The van der Waals surface area contributed by atoms with E-state index in [1.54, 1.807) is 6.26 Å². The topological polar surface area (TPSA) is 91.1 Å². The minimum absolute atomic E-state index is 0.183. The molecule has 1 fully saturated rings. The zero-order chi connectivity index (χ0) is 21.9. The van der Waals surface area contributed by atoms with Crippen LogP contribution in [0.15, 0.2) is 52.1 Å². The number of piperidine rings is 1. The second-order valence-corrected chi connectivity index (χ2v) is 7.52. The number of guanidine groups is 1. The Labute approximate surface area is 184 Å². The average Bonchev–Trinajstić information content (AvgIpc) is 3.33. The van der Waals surface area contributed by atoms with Gasteiger partial charge < -0.3 is 19.8 Å². The molecule has 1 unspecified atom stereocenters. The molecular weight excluding hydrogens is 394 g/mol. The van der Waals surface area contributed by atoms with Crippen LogP contribution in [-0.2, 0) is 11.3 Å². The van der Waals surface area contributed by atoms with Crippen LogP contribution in [0.2, 0.25) is 0 Å². The molecule has 0 saturated carbocycles. The summed E-state index contributed by atoms with van der Waals surface area (Å²) in [5.41, 5.74) is 1.73. The van der Waals surface area contributed by atoms with Gasteiger partial charge in [0.2, 0.25) is 0 Å². The molecule has 1 atom stereocenters. The van der Waals surface area contributed by atoms with Gasteiger partial charge in [-0.2, -0.15) is 0 Å². The van der Waals surface area contributed by atoms with Gasteiger partial charge in [-0.25, -0.2) is 9.79 Å². The zero-order valence-corrected chi connectivity index (χ0v) is 18.4. The molecule has 3 rings (SSSR count). The van der Waals surface area contributed by atoms with Gasteiger partial charge >= 0.3 is 6.09 Å². The van der Waals surface area contributed by atoms with Gasteiger partial charge in [0.15, 0.2) is 5.96 Å². The molecule has 1 aliphatic rings. The highest BCUT2D eigenvalue weighted by Gasteiger charge is 2.24. The maximum atomic E-state index is 11.3. The van der Waals surface area contributed by atoms with Gasteiger partial charge in [0.25, 0.3) is 0 Å². The lowest BCUT2D eigenvalue weighted by Gasteiger charge is -2.33. The van der Waals surface area contributed by atoms with Crippen LogP contribution in [-0.4, -0.2) is 50.2 Å². The molecule has 2 aromatic rings. The summed E-state index contributed by atoms with van der Waals surface area (Å²) in [6.45, 7) is 6.27. The highest BCUT2D eigenvalue weighted by molar-refractivity contribution is 5.84. The molecule has 1 aromatic carbocycles. The minimum Gasteiger partial charge on any atom is -0.468 e. The predicted molar refractivity (Wildman–Crippen MR) is 122 cm³/mol. The SMILES string of the molecule is CCNC(=NCc1ccc(NC(=O)OC)cc1)NCC(c1ccco1)N1CCCCC1. The van der Waals surface area contributed by atoms with E-state index in [1.165, 1.54) is 26.4 Å². The van der Waals surface area contributed by atoms with E-state index in [0.717, 1.165) is 43.5 Å². The van der Waals surface area contributed by atoms with Gasteiger partial charge in [0.1, 0.15) is 5.76 Å². The molecule has 0 aliphatic carbocycles. The molecule has 8 heteroatoms. The van der Waals surface area contributed by atoms with Crippen LogP contribution in [0, 0.1) is 0 Å². The molecule has 0 spiro atoms. The normalized spacial score (nSPS) is 15.9. The highest BCUT2D eigenvalue weighted by atomic mass is 16.5. The Morgan fingerprint density at radius 3 is 2.58 bits per heavy atom. The van der Waals surface area contributed by atoms with Crippen LogP contribution in [0.1, 0.15) is 43.6 Å². The van der Waals surface area contributed by atoms with Gasteiger partial charge in [-0.3, -0.25) is 10.2 Å². The lowest BCUT2D eigenvalue weighted by Crippen LogP contribution is -2.44. The number of aliphatic imine (C=N–C) groups is 1. The fraction of sp³-hybridized carbons (Fsp3) is 0.478. The molecule has 3 N–H and O–H groups in total. The fourth-order valence-corrected chi connectivity index (χ4v) is 3.69. The zero-order valence-electron chi connectivity index (χ0n) is 18.4. The summed E-state index contributed by atoms with van der Waals surface area (Å²) in [7, 11) is 1.34. The number of benzene rings is 1. The summed E-state index contributed by atoms with van der Waals surface area (Å²) >= 11 is 0. The van der Waals surface area contributed by atoms with Gasteiger partial charge in [0.05, 0.1) is 26.0 Å². The number of nitrogens with one attached hydrogen (secondary N) is 3. The van der Waals surface area contributed by atoms with E-state index in [9.17, 15) is 4.79 Å². The number of amides is 1. The summed E-state index contributed by atoms with van der Waals surface area (Å²) in [5, 5.41) is 9.45. The lowest BCUT2D eigenvalue weighted by molar-refractivity contribution is 0.146. The minimum atomic E-state index is -0.482. The van der Waals surface area contributed by atoms with Gasteiger partial charge in [-0.15, -0.1) is 0 Å². The standard InChI is InChI=1S/C23H33N5O3/c1-3-24-22(25-16-18-9-11-19(12-10-18)27-23(29)30-2)26-17-20(21-8-7-15-31-21)28-13-5-4-6-14-28/h7-12,15,20H,3-6,13-14,16-17H2,1-2H3,(H,27,29)(H2,24,25,26). The number of anilines is 1. The van der Waals surface area contributed by atoms with Crippen molar-refractivity contribution in [2.75, 3.05) is 38.6 Å². The Morgan fingerprint density at radius 2 is 1.94 bits per heavy atom. The Kier molecular flexibility index (Phi) is 8.78. The monoisotopic (exact) mass is 427 g/mol. The maximum absolute atomic E-state index is 11.3. The molecule has 1 amide bonds. The number of carbonyl (C=O) groups excluding carboxylic acids is 1. The second-order valence-electron chi connectivity index (χ2n) is 7.52. The van der Waals surface area contributed by atoms with Crippen LogP contribution < -0.4 is 16.0 Å². The first-order chi connectivity index (χ1) is 15.2. The molecule has 2 heterocycles. The van der Waals surface area contributed by atoms with Crippen molar-refractivity contribution >= 4 is 17.7 Å². The molecule has 1 aromatic heterocycles. The van der Waals surface area contributed by atoms with Gasteiger partial charge in [-0.05, 0) is 62.7 Å². The smallest absolute Gasteiger partial charge is 0.411 e. The largest absolute Gasteiger partial charge is 0.468 e. The second kappa shape index (κ2) is 12.0. The van der Waals surface area contributed by atoms with E-state index >= 15 is 0 Å². The third kappa shape index (κ3) is 7.03. The molecule has 1 aliphatic heterocycles. The number of methoxy groups -OCH3 is 1. The van der Waals surface area contributed by atoms with Crippen LogP contribution in [0.5, 0.6) is 0 Å². The molecule has 168 valence electrons. The first-order valence-electron chi connectivity index (χ1n) is 10.9. The van der Waals surface area contributed by atoms with Crippen molar-refractivity contribution < 1.29 is 13.9 Å². The first kappa shape index (κ1) is 22.7. The van der Waals surface area contributed by atoms with Crippen molar-refractivity contribution in [2.45, 2.75) is 38.8 Å². The van der Waals surface area contributed by atoms with E-state index in [2.05, 4.69) is 38.6 Å². The first-order valence-corrected chi connectivity index (χ1v) is 10.9. The molecule has 31 heavy (non-hydrogen) atoms. The summed E-state index contributed by atoms with van der Waals surface area (Å²) in [6, 6.07) is 11.7. The van der Waals surface area contributed by atoms with Crippen molar-refractivity contribution in [3.63, 3.8) is 0 Å². The Hall–Kier alpha value is -3.00. The number of rotatable bonds is 8. The molecule has 1 saturated heterocycles. The van der Waals surface area contributed by atoms with E-state index in [0.29, 0.717) is 12.2 Å². The number of carbonyl (C=O) groups is 1. The number of nitrogens with zero attached hydrogens (tertiary/aromatic N) is 2. The quantitative estimate of drug-likeness (QED) is 0.439. The number of furan rings is 1. The van der Waals surface area contributed by atoms with Crippen molar-refractivity contribution in [3.8, 4) is 0 Å². The van der Waals surface area contributed by atoms with Crippen molar-refractivity contribution in [1.29, 1.82) is 0 Å². The van der Waals surface area contributed by atoms with Crippen molar-refractivity contribution in [2.24, 2.45) is 4.99 Å². The van der Waals surface area contributed by atoms with Gasteiger partial charge in [-0.1, -0.05) is 18.6 Å².